The van der Waals surface area contributed by atoms with Crippen molar-refractivity contribution in [1.29, 1.82) is 0 Å². The summed E-state index contributed by atoms with van der Waals surface area (Å²) >= 11 is 6.10. The highest BCUT2D eigenvalue weighted by Gasteiger charge is 2.41. The molecule has 19 heavy (non-hydrogen) atoms. The fourth-order valence-electron chi connectivity index (χ4n) is 3.42. The van der Waals surface area contributed by atoms with Crippen molar-refractivity contribution in [3.05, 3.63) is 34.9 Å². The molecule has 1 saturated carbocycles. The molecule has 1 aromatic carbocycles. The minimum atomic E-state index is 0.154. The van der Waals surface area contributed by atoms with Crippen LogP contribution in [-0.4, -0.2) is 24.0 Å². The largest absolute Gasteiger partial charge is 0.329 e. The number of nitrogens with two attached hydrogens (primary N) is 1. The summed E-state index contributed by atoms with van der Waals surface area (Å²) in [5.41, 5.74) is 7.53. The highest BCUT2D eigenvalue weighted by Crippen LogP contribution is 2.41. The maximum Gasteiger partial charge on any atom is 0.0409 e. The monoisotopic (exact) mass is 280 g/mol. The Labute approximate surface area is 121 Å². The third-order valence-corrected chi connectivity index (χ3v) is 5.11. The Morgan fingerprint density at radius 3 is 2.79 bits per heavy atom. The summed E-state index contributed by atoms with van der Waals surface area (Å²) in [4.78, 5) is 2.46. The number of halogens is 1. The van der Waals surface area contributed by atoms with Gasteiger partial charge in [-0.3, -0.25) is 4.90 Å². The summed E-state index contributed by atoms with van der Waals surface area (Å²) in [5.74, 6) is 0.776. The van der Waals surface area contributed by atoms with E-state index in [1.54, 1.807) is 0 Å². The Bertz CT molecular complexity index is 435. The van der Waals surface area contributed by atoms with Crippen LogP contribution in [0.1, 0.15) is 44.7 Å². The molecule has 106 valence electrons. The lowest BCUT2D eigenvalue weighted by Crippen LogP contribution is -2.51. The summed E-state index contributed by atoms with van der Waals surface area (Å²) in [5, 5.41) is 0.805. The van der Waals surface area contributed by atoms with Gasteiger partial charge in [0.2, 0.25) is 0 Å². The zero-order valence-electron chi connectivity index (χ0n) is 12.2. The van der Waals surface area contributed by atoms with Crippen LogP contribution in [0.25, 0.3) is 0 Å². The Hall–Kier alpha value is -0.570. The van der Waals surface area contributed by atoms with E-state index >= 15 is 0 Å². The van der Waals surface area contributed by atoms with Crippen molar-refractivity contribution in [2.45, 2.75) is 44.7 Å². The molecule has 0 heterocycles. The molecule has 1 aliphatic carbocycles. The zero-order chi connectivity index (χ0) is 14.0. The molecule has 2 nitrogen and oxygen atoms in total. The summed E-state index contributed by atoms with van der Waals surface area (Å²) in [6.45, 7) is 5.31. The van der Waals surface area contributed by atoms with E-state index < -0.39 is 0 Å². The van der Waals surface area contributed by atoms with Gasteiger partial charge in [0.15, 0.2) is 0 Å². The van der Waals surface area contributed by atoms with Gasteiger partial charge in [0, 0.05) is 23.1 Å². The minimum absolute atomic E-state index is 0.154. The predicted molar refractivity (Wildman–Crippen MR) is 82.4 cm³/mol. The summed E-state index contributed by atoms with van der Waals surface area (Å²) in [6.07, 6.45) is 3.68. The number of likely N-dealkylation sites (N-methyl/N-ethyl adjacent to an activating group) is 1. The molecule has 2 N–H and O–H groups in total. The van der Waals surface area contributed by atoms with Crippen LogP contribution in [-0.2, 0) is 0 Å². The molecular formula is C16H25ClN2. The Balaban J connectivity index is 2.20. The Morgan fingerprint density at radius 1 is 1.53 bits per heavy atom. The van der Waals surface area contributed by atoms with Crippen molar-refractivity contribution in [2.24, 2.45) is 11.7 Å². The molecule has 3 atom stereocenters. The van der Waals surface area contributed by atoms with E-state index in [4.69, 9.17) is 17.3 Å². The molecule has 3 heteroatoms. The van der Waals surface area contributed by atoms with Gasteiger partial charge in [-0.1, -0.05) is 30.7 Å². The van der Waals surface area contributed by atoms with Gasteiger partial charge < -0.3 is 5.73 Å². The van der Waals surface area contributed by atoms with E-state index in [0.717, 1.165) is 17.5 Å². The molecule has 1 aromatic rings. The zero-order valence-corrected chi connectivity index (χ0v) is 13.0. The third kappa shape index (κ3) is 2.96. The van der Waals surface area contributed by atoms with Crippen LogP contribution in [0.4, 0.5) is 0 Å². The van der Waals surface area contributed by atoms with E-state index in [2.05, 4.69) is 37.9 Å². The molecule has 1 fully saturated rings. The normalized spacial score (nSPS) is 28.8. The number of hydrogen-bond acceptors (Lipinski definition) is 2. The second-order valence-corrected chi connectivity index (χ2v) is 6.55. The maximum absolute atomic E-state index is 6.11. The van der Waals surface area contributed by atoms with Gasteiger partial charge in [-0.05, 0) is 56.8 Å². The number of benzene rings is 1. The van der Waals surface area contributed by atoms with Crippen molar-refractivity contribution in [3.63, 3.8) is 0 Å². The van der Waals surface area contributed by atoms with Gasteiger partial charge in [-0.25, -0.2) is 0 Å². The molecule has 0 spiro atoms. The molecule has 0 aliphatic heterocycles. The van der Waals surface area contributed by atoms with Crippen molar-refractivity contribution in [3.8, 4) is 0 Å². The van der Waals surface area contributed by atoms with E-state index in [-0.39, 0.29) is 5.54 Å². The van der Waals surface area contributed by atoms with Crippen molar-refractivity contribution < 1.29 is 0 Å². The fourth-order valence-corrected chi connectivity index (χ4v) is 3.62. The van der Waals surface area contributed by atoms with Crippen LogP contribution < -0.4 is 5.73 Å². The SMILES string of the molecule is CC1CCC(CN)(N(C)C(C)c2cccc(Cl)c2)C1. The summed E-state index contributed by atoms with van der Waals surface area (Å²) < 4.78 is 0. The van der Waals surface area contributed by atoms with Crippen LogP contribution in [0.2, 0.25) is 5.02 Å². The Kier molecular flexibility index (Phi) is 4.54. The van der Waals surface area contributed by atoms with E-state index in [0.29, 0.717) is 6.04 Å². The van der Waals surface area contributed by atoms with Gasteiger partial charge in [-0.15, -0.1) is 0 Å². The molecule has 0 amide bonds. The van der Waals surface area contributed by atoms with Gasteiger partial charge in [-0.2, -0.15) is 0 Å². The molecule has 0 radical (unpaired) electrons. The lowest BCUT2D eigenvalue weighted by molar-refractivity contribution is 0.0863. The lowest BCUT2D eigenvalue weighted by atomic mass is 9.91. The molecule has 0 aromatic heterocycles. The number of nitrogens with zero attached hydrogens (tertiary/aromatic N) is 1. The van der Waals surface area contributed by atoms with E-state index in [9.17, 15) is 0 Å². The standard InChI is InChI=1S/C16H25ClN2/c1-12-7-8-16(10-12,11-18)19(3)13(2)14-5-4-6-15(17)9-14/h4-6,9,12-13H,7-8,10-11,18H2,1-3H3. The van der Waals surface area contributed by atoms with Gasteiger partial charge >= 0.3 is 0 Å². The Morgan fingerprint density at radius 2 is 2.26 bits per heavy atom. The third-order valence-electron chi connectivity index (χ3n) is 4.87. The maximum atomic E-state index is 6.11. The minimum Gasteiger partial charge on any atom is -0.329 e. The quantitative estimate of drug-likeness (QED) is 0.908. The van der Waals surface area contributed by atoms with Crippen LogP contribution in [0.5, 0.6) is 0 Å². The van der Waals surface area contributed by atoms with Crippen LogP contribution in [0.15, 0.2) is 24.3 Å². The first-order chi connectivity index (χ1) is 8.98. The van der Waals surface area contributed by atoms with Gasteiger partial charge in [0.1, 0.15) is 0 Å². The van der Waals surface area contributed by atoms with Crippen molar-refractivity contribution in [2.75, 3.05) is 13.6 Å². The summed E-state index contributed by atoms with van der Waals surface area (Å²) in [6, 6.07) is 8.50. The first-order valence-electron chi connectivity index (χ1n) is 7.17. The molecule has 0 saturated heterocycles. The average Bonchev–Trinajstić information content (AvgIpc) is 2.80. The molecule has 0 bridgehead atoms. The van der Waals surface area contributed by atoms with E-state index in [1.165, 1.54) is 24.8 Å². The average molecular weight is 281 g/mol. The van der Waals surface area contributed by atoms with Gasteiger partial charge in [0.05, 0.1) is 0 Å². The second kappa shape index (κ2) is 5.82. The highest BCUT2D eigenvalue weighted by atomic mass is 35.5. The molecule has 2 rings (SSSR count). The van der Waals surface area contributed by atoms with Gasteiger partial charge in [0.25, 0.3) is 0 Å². The van der Waals surface area contributed by atoms with E-state index in [1.807, 2.05) is 12.1 Å². The van der Waals surface area contributed by atoms with Crippen molar-refractivity contribution >= 4 is 11.6 Å². The van der Waals surface area contributed by atoms with Crippen LogP contribution in [0.3, 0.4) is 0 Å². The van der Waals surface area contributed by atoms with Crippen molar-refractivity contribution in [1.82, 2.24) is 4.90 Å². The number of rotatable bonds is 4. The smallest absolute Gasteiger partial charge is 0.0409 e. The lowest BCUT2D eigenvalue weighted by Gasteiger charge is -2.42. The first kappa shape index (κ1) is 14.8. The highest BCUT2D eigenvalue weighted by molar-refractivity contribution is 6.30. The number of hydrogen-bond donors (Lipinski definition) is 1. The molecule has 1 aliphatic rings. The first-order valence-corrected chi connectivity index (χ1v) is 7.55. The molecular weight excluding hydrogens is 256 g/mol. The summed E-state index contributed by atoms with van der Waals surface area (Å²) in [7, 11) is 2.20. The predicted octanol–water partition coefficient (Wildman–Crippen LogP) is 3.85. The second-order valence-electron chi connectivity index (χ2n) is 6.12. The molecule has 3 unspecified atom stereocenters. The van der Waals surface area contributed by atoms with Crippen LogP contribution in [0, 0.1) is 5.92 Å². The van der Waals surface area contributed by atoms with Crippen LogP contribution >= 0.6 is 11.6 Å². The topological polar surface area (TPSA) is 29.3 Å². The fraction of sp³-hybridized carbons (Fsp3) is 0.625.